The highest BCUT2D eigenvalue weighted by Crippen LogP contribution is 2.01. The first kappa shape index (κ1) is 11.0. The van der Waals surface area contributed by atoms with E-state index in [0.717, 1.165) is 25.3 Å². The third-order valence-corrected chi connectivity index (χ3v) is 2.41. The van der Waals surface area contributed by atoms with E-state index in [1.54, 1.807) is 6.20 Å². The smallest absolute Gasteiger partial charge is 0.0719 e. The molecule has 0 aliphatic carbocycles. The Hall–Kier alpha value is -1.03. The Balaban J connectivity index is 2.39. The van der Waals surface area contributed by atoms with Crippen LogP contribution in [0.4, 0.5) is 5.69 Å². The third kappa shape index (κ3) is 3.03. The molecule has 0 unspecified atom stereocenters. The van der Waals surface area contributed by atoms with Gasteiger partial charge < -0.3 is 5.73 Å². The van der Waals surface area contributed by atoms with E-state index >= 15 is 0 Å². The molecule has 80 valence electrons. The fourth-order valence-corrected chi connectivity index (χ4v) is 1.51. The van der Waals surface area contributed by atoms with Crippen molar-refractivity contribution in [2.24, 2.45) is 0 Å². The topological polar surface area (TPSA) is 47.1 Å². The summed E-state index contributed by atoms with van der Waals surface area (Å²) >= 11 is 0. The van der Waals surface area contributed by atoms with Crippen molar-refractivity contribution < 1.29 is 0 Å². The average molecular weight is 196 g/mol. The van der Waals surface area contributed by atoms with E-state index in [9.17, 15) is 0 Å². The van der Waals surface area contributed by atoms with Crippen LogP contribution in [-0.4, -0.2) is 33.8 Å². The van der Waals surface area contributed by atoms with E-state index in [-0.39, 0.29) is 0 Å². The van der Waals surface area contributed by atoms with Gasteiger partial charge in [-0.25, -0.2) is 0 Å². The van der Waals surface area contributed by atoms with E-state index in [1.165, 1.54) is 0 Å². The standard InChI is InChI=1S/C10H20N4/c1-4-13(9(2)3)5-6-14-8-10(11)7-12-14/h7-9H,4-6,11H2,1-3H3. The fourth-order valence-electron chi connectivity index (χ4n) is 1.51. The minimum atomic E-state index is 0.591. The molecule has 0 bridgehead atoms. The Morgan fingerprint density at radius 1 is 1.57 bits per heavy atom. The molecule has 2 N–H and O–H groups in total. The van der Waals surface area contributed by atoms with Crippen LogP contribution in [0, 0.1) is 0 Å². The van der Waals surface area contributed by atoms with Gasteiger partial charge in [-0.15, -0.1) is 0 Å². The van der Waals surface area contributed by atoms with Gasteiger partial charge in [0.1, 0.15) is 0 Å². The Morgan fingerprint density at radius 3 is 2.71 bits per heavy atom. The number of anilines is 1. The maximum Gasteiger partial charge on any atom is 0.0719 e. The monoisotopic (exact) mass is 196 g/mol. The van der Waals surface area contributed by atoms with Crippen molar-refractivity contribution in [1.29, 1.82) is 0 Å². The van der Waals surface area contributed by atoms with E-state index < -0.39 is 0 Å². The zero-order valence-corrected chi connectivity index (χ0v) is 9.27. The molecule has 1 aromatic rings. The van der Waals surface area contributed by atoms with Gasteiger partial charge >= 0.3 is 0 Å². The van der Waals surface area contributed by atoms with Gasteiger partial charge in [-0.05, 0) is 20.4 Å². The second-order valence-electron chi connectivity index (χ2n) is 3.76. The molecule has 0 atom stereocenters. The molecule has 0 amide bonds. The minimum Gasteiger partial charge on any atom is -0.396 e. The predicted octanol–water partition coefficient (Wildman–Crippen LogP) is 1.20. The van der Waals surface area contributed by atoms with Crippen molar-refractivity contribution in [1.82, 2.24) is 14.7 Å². The number of aromatic nitrogens is 2. The molecule has 0 aliphatic rings. The molecule has 4 heteroatoms. The van der Waals surface area contributed by atoms with Crippen molar-refractivity contribution in [3.8, 4) is 0 Å². The highest BCUT2D eigenvalue weighted by Gasteiger charge is 2.06. The van der Waals surface area contributed by atoms with Crippen LogP contribution in [0.3, 0.4) is 0 Å². The van der Waals surface area contributed by atoms with Crippen molar-refractivity contribution in [2.45, 2.75) is 33.4 Å². The van der Waals surface area contributed by atoms with Crippen LogP contribution in [0.5, 0.6) is 0 Å². The zero-order chi connectivity index (χ0) is 10.6. The highest BCUT2D eigenvalue weighted by atomic mass is 15.3. The summed E-state index contributed by atoms with van der Waals surface area (Å²) in [7, 11) is 0. The molecule has 0 aliphatic heterocycles. The van der Waals surface area contributed by atoms with E-state index in [4.69, 9.17) is 5.73 Å². The Morgan fingerprint density at radius 2 is 2.29 bits per heavy atom. The van der Waals surface area contributed by atoms with Crippen LogP contribution >= 0.6 is 0 Å². The molecule has 0 fully saturated rings. The van der Waals surface area contributed by atoms with E-state index in [2.05, 4.69) is 30.8 Å². The Bertz CT molecular complexity index is 267. The summed E-state index contributed by atoms with van der Waals surface area (Å²) in [5.41, 5.74) is 6.31. The lowest BCUT2D eigenvalue weighted by molar-refractivity contribution is 0.221. The predicted molar refractivity (Wildman–Crippen MR) is 59.0 cm³/mol. The summed E-state index contributed by atoms with van der Waals surface area (Å²) in [6.45, 7) is 9.60. The molecule has 0 aromatic carbocycles. The van der Waals surface area contributed by atoms with Gasteiger partial charge in [0.25, 0.3) is 0 Å². The van der Waals surface area contributed by atoms with Crippen LogP contribution in [-0.2, 0) is 6.54 Å². The average Bonchev–Trinajstić information content (AvgIpc) is 2.52. The molecular weight excluding hydrogens is 176 g/mol. The maximum absolute atomic E-state index is 5.58. The molecule has 0 saturated heterocycles. The number of nitrogen functional groups attached to an aromatic ring is 1. The number of hydrogen-bond acceptors (Lipinski definition) is 3. The number of nitrogens with two attached hydrogens (primary N) is 1. The van der Waals surface area contributed by atoms with E-state index in [1.807, 2.05) is 10.9 Å². The quantitative estimate of drug-likeness (QED) is 0.769. The summed E-state index contributed by atoms with van der Waals surface area (Å²) in [6.07, 6.45) is 3.56. The number of hydrogen-bond donors (Lipinski definition) is 1. The summed E-state index contributed by atoms with van der Waals surface area (Å²) in [6, 6.07) is 0.591. The van der Waals surface area contributed by atoms with Crippen LogP contribution in [0.1, 0.15) is 20.8 Å². The van der Waals surface area contributed by atoms with Gasteiger partial charge in [-0.2, -0.15) is 5.10 Å². The first-order chi connectivity index (χ1) is 6.63. The summed E-state index contributed by atoms with van der Waals surface area (Å²) < 4.78 is 1.89. The molecule has 1 heterocycles. The molecule has 0 saturated carbocycles. The molecule has 14 heavy (non-hydrogen) atoms. The number of rotatable bonds is 5. The van der Waals surface area contributed by atoms with E-state index in [0.29, 0.717) is 6.04 Å². The lowest BCUT2D eigenvalue weighted by Gasteiger charge is -2.24. The minimum absolute atomic E-state index is 0.591. The fraction of sp³-hybridized carbons (Fsp3) is 0.700. The molecule has 0 radical (unpaired) electrons. The van der Waals surface area contributed by atoms with Crippen LogP contribution in [0.15, 0.2) is 12.4 Å². The summed E-state index contributed by atoms with van der Waals surface area (Å²) in [5.74, 6) is 0. The Kier molecular flexibility index (Phi) is 3.95. The summed E-state index contributed by atoms with van der Waals surface area (Å²) in [5, 5.41) is 4.15. The van der Waals surface area contributed by atoms with Crippen molar-refractivity contribution in [3.05, 3.63) is 12.4 Å². The van der Waals surface area contributed by atoms with Gasteiger partial charge in [0.05, 0.1) is 18.4 Å². The van der Waals surface area contributed by atoms with Crippen LogP contribution < -0.4 is 5.73 Å². The molecule has 1 aromatic heterocycles. The maximum atomic E-state index is 5.58. The number of nitrogens with zero attached hydrogens (tertiary/aromatic N) is 3. The van der Waals surface area contributed by atoms with Gasteiger partial charge in [0.2, 0.25) is 0 Å². The highest BCUT2D eigenvalue weighted by molar-refractivity contribution is 5.30. The SMILES string of the molecule is CCN(CCn1cc(N)cn1)C(C)C. The largest absolute Gasteiger partial charge is 0.396 e. The first-order valence-electron chi connectivity index (χ1n) is 5.15. The van der Waals surface area contributed by atoms with Crippen LogP contribution in [0.2, 0.25) is 0 Å². The first-order valence-corrected chi connectivity index (χ1v) is 5.15. The molecule has 0 spiro atoms. The lowest BCUT2D eigenvalue weighted by Crippen LogP contribution is -2.33. The van der Waals surface area contributed by atoms with Crippen molar-refractivity contribution in [2.75, 3.05) is 18.8 Å². The zero-order valence-electron chi connectivity index (χ0n) is 9.27. The second kappa shape index (κ2) is 5.00. The molecule has 1 rings (SSSR count). The molecule has 4 nitrogen and oxygen atoms in total. The summed E-state index contributed by atoms with van der Waals surface area (Å²) in [4.78, 5) is 2.40. The van der Waals surface area contributed by atoms with Crippen molar-refractivity contribution in [3.63, 3.8) is 0 Å². The Labute approximate surface area is 85.7 Å². The normalized spacial score (nSPS) is 11.5. The van der Waals surface area contributed by atoms with Gasteiger partial charge in [-0.3, -0.25) is 9.58 Å². The number of likely N-dealkylation sites (N-methyl/N-ethyl adjacent to an activating group) is 1. The second-order valence-corrected chi connectivity index (χ2v) is 3.76. The molecular formula is C10H20N4. The van der Waals surface area contributed by atoms with Crippen LogP contribution in [0.25, 0.3) is 0 Å². The lowest BCUT2D eigenvalue weighted by atomic mass is 10.3. The van der Waals surface area contributed by atoms with Gasteiger partial charge in [0, 0.05) is 18.8 Å². The van der Waals surface area contributed by atoms with Crippen molar-refractivity contribution >= 4 is 5.69 Å². The van der Waals surface area contributed by atoms with Gasteiger partial charge in [0.15, 0.2) is 0 Å². The third-order valence-electron chi connectivity index (χ3n) is 2.41. The van der Waals surface area contributed by atoms with Gasteiger partial charge in [-0.1, -0.05) is 6.92 Å².